The number of nitrogens with one attached hydrogen (secondary N) is 1. The van der Waals surface area contributed by atoms with Crippen LogP contribution < -0.4 is 5.32 Å². The zero-order chi connectivity index (χ0) is 15.4. The zero-order valence-electron chi connectivity index (χ0n) is 13.8. The Balaban J connectivity index is 1.64. The number of hydrogen-bond acceptors (Lipinski definition) is 3. The fraction of sp³-hybridized carbons (Fsp3) is 0.941. The van der Waals surface area contributed by atoms with Gasteiger partial charge in [0.15, 0.2) is 0 Å². The number of nitrogens with zero attached hydrogens (tertiary/aromatic N) is 1. The van der Waals surface area contributed by atoms with Gasteiger partial charge in [0.2, 0.25) is 5.91 Å². The zero-order valence-corrected chi connectivity index (χ0v) is 13.8. The van der Waals surface area contributed by atoms with Gasteiger partial charge >= 0.3 is 0 Å². The smallest absolute Gasteiger partial charge is 0.234 e. The van der Waals surface area contributed by atoms with Crippen LogP contribution in [0.4, 0.5) is 0 Å². The number of carbonyl (C=O) groups excluding carboxylic acids is 1. The highest BCUT2D eigenvalue weighted by molar-refractivity contribution is 5.78. The van der Waals surface area contributed by atoms with Crippen molar-refractivity contribution in [2.45, 2.75) is 65.0 Å². The van der Waals surface area contributed by atoms with E-state index >= 15 is 0 Å². The molecule has 2 rings (SSSR count). The van der Waals surface area contributed by atoms with Crippen molar-refractivity contribution in [1.82, 2.24) is 10.2 Å². The number of likely N-dealkylation sites (tertiary alicyclic amines) is 1. The molecule has 1 saturated carbocycles. The maximum Gasteiger partial charge on any atom is 0.234 e. The van der Waals surface area contributed by atoms with Crippen LogP contribution in [0.25, 0.3) is 0 Å². The minimum absolute atomic E-state index is 0.140. The van der Waals surface area contributed by atoms with Gasteiger partial charge in [-0.1, -0.05) is 26.7 Å². The lowest BCUT2D eigenvalue weighted by atomic mass is 10.00. The molecule has 4 atom stereocenters. The summed E-state index contributed by atoms with van der Waals surface area (Å²) in [6.07, 6.45) is 5.40. The van der Waals surface area contributed by atoms with Crippen LogP contribution in [0.3, 0.4) is 0 Å². The van der Waals surface area contributed by atoms with Crippen molar-refractivity contribution >= 4 is 5.91 Å². The minimum atomic E-state index is -0.141. The second-order valence-electron chi connectivity index (χ2n) is 7.56. The van der Waals surface area contributed by atoms with Crippen LogP contribution in [-0.4, -0.2) is 47.7 Å². The van der Waals surface area contributed by atoms with Crippen LogP contribution in [-0.2, 0) is 4.79 Å². The topological polar surface area (TPSA) is 52.6 Å². The van der Waals surface area contributed by atoms with E-state index in [1.807, 2.05) is 0 Å². The van der Waals surface area contributed by atoms with E-state index in [2.05, 4.69) is 31.0 Å². The van der Waals surface area contributed by atoms with Crippen molar-refractivity contribution in [1.29, 1.82) is 0 Å². The Bertz CT molecular complexity index is 346. The molecule has 4 unspecified atom stereocenters. The van der Waals surface area contributed by atoms with Gasteiger partial charge in [0.25, 0.3) is 0 Å². The van der Waals surface area contributed by atoms with E-state index in [0.29, 0.717) is 18.4 Å². The lowest BCUT2D eigenvalue weighted by molar-refractivity contribution is -0.122. The molecule has 2 N–H and O–H groups in total. The van der Waals surface area contributed by atoms with Crippen LogP contribution in [0.5, 0.6) is 0 Å². The minimum Gasteiger partial charge on any atom is -0.393 e. The molecule has 0 bridgehead atoms. The van der Waals surface area contributed by atoms with E-state index in [-0.39, 0.29) is 18.1 Å². The van der Waals surface area contributed by atoms with Gasteiger partial charge in [0.1, 0.15) is 0 Å². The van der Waals surface area contributed by atoms with Gasteiger partial charge < -0.3 is 10.4 Å². The second kappa shape index (κ2) is 7.59. The van der Waals surface area contributed by atoms with E-state index in [4.69, 9.17) is 0 Å². The SMILES string of the molecule is CC(C)CCCC(C)NC(=O)CN1CC2CCC(O)C2C1. The maximum absolute atomic E-state index is 12.1. The Kier molecular flexibility index (Phi) is 6.06. The molecule has 21 heavy (non-hydrogen) atoms. The van der Waals surface area contributed by atoms with Gasteiger partial charge in [-0.05, 0) is 38.0 Å². The molecular weight excluding hydrogens is 264 g/mol. The van der Waals surface area contributed by atoms with Crippen LogP contribution in [0.1, 0.15) is 52.9 Å². The molecule has 0 spiro atoms. The first-order chi connectivity index (χ1) is 9.95. The third-order valence-electron chi connectivity index (χ3n) is 5.09. The lowest BCUT2D eigenvalue weighted by Gasteiger charge is -2.20. The van der Waals surface area contributed by atoms with E-state index in [9.17, 15) is 9.90 Å². The van der Waals surface area contributed by atoms with Gasteiger partial charge in [-0.3, -0.25) is 9.69 Å². The predicted molar refractivity (Wildman–Crippen MR) is 85.0 cm³/mol. The van der Waals surface area contributed by atoms with Gasteiger partial charge in [-0.15, -0.1) is 0 Å². The Labute approximate surface area is 129 Å². The summed E-state index contributed by atoms with van der Waals surface area (Å²) in [5.74, 6) is 1.89. The number of hydrogen-bond donors (Lipinski definition) is 2. The van der Waals surface area contributed by atoms with Crippen molar-refractivity contribution in [3.8, 4) is 0 Å². The van der Waals surface area contributed by atoms with Gasteiger partial charge in [0, 0.05) is 25.0 Å². The summed E-state index contributed by atoms with van der Waals surface area (Å²) in [6, 6.07) is 0.268. The summed E-state index contributed by atoms with van der Waals surface area (Å²) in [7, 11) is 0. The molecular formula is C17H32N2O2. The lowest BCUT2D eigenvalue weighted by Crippen LogP contribution is -2.40. The fourth-order valence-corrected chi connectivity index (χ4v) is 3.89. The van der Waals surface area contributed by atoms with Crippen LogP contribution >= 0.6 is 0 Å². The highest BCUT2D eigenvalue weighted by Gasteiger charge is 2.42. The Morgan fingerprint density at radius 2 is 2.00 bits per heavy atom. The number of amides is 1. The summed E-state index contributed by atoms with van der Waals surface area (Å²) in [5, 5.41) is 13.0. The summed E-state index contributed by atoms with van der Waals surface area (Å²) in [6.45, 7) is 8.94. The summed E-state index contributed by atoms with van der Waals surface area (Å²) >= 11 is 0. The van der Waals surface area contributed by atoms with Crippen LogP contribution in [0, 0.1) is 17.8 Å². The molecule has 0 radical (unpaired) electrons. The largest absolute Gasteiger partial charge is 0.393 e. The highest BCUT2D eigenvalue weighted by atomic mass is 16.3. The molecule has 0 aromatic rings. The van der Waals surface area contributed by atoms with Gasteiger partial charge in [-0.2, -0.15) is 0 Å². The Hall–Kier alpha value is -0.610. The summed E-state index contributed by atoms with van der Waals surface area (Å²) in [5.41, 5.74) is 0. The molecule has 1 aliphatic carbocycles. The van der Waals surface area contributed by atoms with Crippen molar-refractivity contribution in [2.24, 2.45) is 17.8 Å². The molecule has 1 aliphatic heterocycles. The third-order valence-corrected chi connectivity index (χ3v) is 5.09. The molecule has 2 fully saturated rings. The first-order valence-corrected chi connectivity index (χ1v) is 8.65. The molecule has 1 heterocycles. The average Bonchev–Trinajstić information content (AvgIpc) is 2.91. The van der Waals surface area contributed by atoms with Crippen LogP contribution in [0.2, 0.25) is 0 Å². The third kappa shape index (κ3) is 4.96. The highest BCUT2D eigenvalue weighted by Crippen LogP contribution is 2.37. The summed E-state index contributed by atoms with van der Waals surface area (Å²) < 4.78 is 0. The van der Waals surface area contributed by atoms with E-state index in [0.717, 1.165) is 38.3 Å². The number of aliphatic hydroxyl groups is 1. The molecule has 0 aromatic carbocycles. The first kappa shape index (κ1) is 16.8. The van der Waals surface area contributed by atoms with Crippen molar-refractivity contribution in [2.75, 3.05) is 19.6 Å². The number of carbonyl (C=O) groups is 1. The predicted octanol–water partition coefficient (Wildman–Crippen LogP) is 2.02. The standard InChI is InChI=1S/C17H32N2O2/c1-12(2)5-4-6-13(3)18-17(21)11-19-9-14-7-8-16(20)15(14)10-19/h12-16,20H,4-11H2,1-3H3,(H,18,21). The number of aliphatic hydroxyl groups excluding tert-OH is 1. The van der Waals surface area contributed by atoms with Gasteiger partial charge in [-0.25, -0.2) is 0 Å². The monoisotopic (exact) mass is 296 g/mol. The Morgan fingerprint density at radius 3 is 2.67 bits per heavy atom. The summed E-state index contributed by atoms with van der Waals surface area (Å²) in [4.78, 5) is 14.3. The van der Waals surface area contributed by atoms with Crippen molar-refractivity contribution < 1.29 is 9.90 Å². The quantitative estimate of drug-likeness (QED) is 0.756. The van der Waals surface area contributed by atoms with E-state index in [1.54, 1.807) is 0 Å². The average molecular weight is 296 g/mol. The molecule has 0 aromatic heterocycles. The van der Waals surface area contributed by atoms with Gasteiger partial charge in [0.05, 0.1) is 12.6 Å². The molecule has 122 valence electrons. The molecule has 1 saturated heterocycles. The molecule has 2 aliphatic rings. The molecule has 4 heteroatoms. The van der Waals surface area contributed by atoms with Crippen LogP contribution in [0.15, 0.2) is 0 Å². The Morgan fingerprint density at radius 1 is 1.24 bits per heavy atom. The van der Waals surface area contributed by atoms with Crippen molar-refractivity contribution in [3.63, 3.8) is 0 Å². The normalized spacial score (nSPS) is 30.6. The maximum atomic E-state index is 12.1. The van der Waals surface area contributed by atoms with E-state index < -0.39 is 0 Å². The second-order valence-corrected chi connectivity index (χ2v) is 7.56. The molecule has 4 nitrogen and oxygen atoms in total. The van der Waals surface area contributed by atoms with Crippen molar-refractivity contribution in [3.05, 3.63) is 0 Å². The first-order valence-electron chi connectivity index (χ1n) is 8.65. The number of rotatable bonds is 7. The fourth-order valence-electron chi connectivity index (χ4n) is 3.89. The van der Waals surface area contributed by atoms with E-state index in [1.165, 1.54) is 12.8 Å². The number of fused-ring (bicyclic) bond motifs is 1. The molecule has 1 amide bonds.